The molecule has 1 aromatic rings. The van der Waals surface area contributed by atoms with Gasteiger partial charge in [-0.25, -0.2) is 0 Å². The van der Waals surface area contributed by atoms with Crippen molar-refractivity contribution in [3.8, 4) is 5.75 Å². The Labute approximate surface area is 92.7 Å². The Kier molecular flexibility index (Phi) is 2.96. The molecular formula is C11H14BrNO. The molecule has 0 aromatic heterocycles. The lowest BCUT2D eigenvalue weighted by Gasteiger charge is -2.29. The van der Waals surface area contributed by atoms with E-state index in [1.165, 1.54) is 19.3 Å². The molecule has 2 nitrogen and oxygen atoms in total. The molecule has 1 heterocycles. The summed E-state index contributed by atoms with van der Waals surface area (Å²) in [6.07, 6.45) is 3.78. The first kappa shape index (κ1) is 9.84. The average molecular weight is 256 g/mol. The van der Waals surface area contributed by atoms with Gasteiger partial charge >= 0.3 is 0 Å². The molecular weight excluding hydrogens is 242 g/mol. The summed E-state index contributed by atoms with van der Waals surface area (Å²) in [4.78, 5) is 2.26. The van der Waals surface area contributed by atoms with Crippen LogP contribution >= 0.6 is 15.9 Å². The minimum absolute atomic E-state index is 0.376. The highest BCUT2D eigenvalue weighted by molar-refractivity contribution is 9.10. The summed E-state index contributed by atoms with van der Waals surface area (Å²) in [5, 5.41) is 9.77. The molecule has 76 valence electrons. The molecule has 0 aliphatic carbocycles. The zero-order chi connectivity index (χ0) is 9.97. The van der Waals surface area contributed by atoms with Crippen molar-refractivity contribution in [2.24, 2.45) is 0 Å². The lowest BCUT2D eigenvalue weighted by molar-refractivity contribution is 0.469. The van der Waals surface area contributed by atoms with Gasteiger partial charge in [0.2, 0.25) is 0 Å². The van der Waals surface area contributed by atoms with E-state index in [0.29, 0.717) is 5.75 Å². The number of aromatic hydroxyl groups is 1. The van der Waals surface area contributed by atoms with E-state index >= 15 is 0 Å². The molecule has 0 unspecified atom stereocenters. The highest BCUT2D eigenvalue weighted by atomic mass is 79.9. The van der Waals surface area contributed by atoms with Crippen LogP contribution < -0.4 is 4.90 Å². The van der Waals surface area contributed by atoms with Crippen LogP contribution in [0, 0.1) is 0 Å². The molecule has 1 aliphatic heterocycles. The largest absolute Gasteiger partial charge is 0.506 e. The van der Waals surface area contributed by atoms with Crippen molar-refractivity contribution in [3.63, 3.8) is 0 Å². The zero-order valence-corrected chi connectivity index (χ0v) is 9.63. The molecule has 0 atom stereocenters. The minimum atomic E-state index is 0.376. The SMILES string of the molecule is Oc1cc(Br)ccc1N1CCCCC1. The molecule has 3 heteroatoms. The van der Waals surface area contributed by atoms with Gasteiger partial charge in [-0.1, -0.05) is 15.9 Å². The van der Waals surface area contributed by atoms with Gasteiger partial charge < -0.3 is 10.0 Å². The molecule has 0 saturated carbocycles. The lowest BCUT2D eigenvalue weighted by Crippen LogP contribution is -2.29. The van der Waals surface area contributed by atoms with Crippen LogP contribution in [0.4, 0.5) is 5.69 Å². The quantitative estimate of drug-likeness (QED) is 0.834. The van der Waals surface area contributed by atoms with E-state index in [2.05, 4.69) is 20.8 Å². The second-order valence-corrected chi connectivity index (χ2v) is 4.60. The smallest absolute Gasteiger partial charge is 0.140 e. The highest BCUT2D eigenvalue weighted by Gasteiger charge is 2.13. The maximum atomic E-state index is 9.77. The second-order valence-electron chi connectivity index (χ2n) is 3.68. The van der Waals surface area contributed by atoms with Crippen molar-refractivity contribution in [2.45, 2.75) is 19.3 Å². The second kappa shape index (κ2) is 4.22. The number of hydrogen-bond acceptors (Lipinski definition) is 2. The number of benzene rings is 1. The van der Waals surface area contributed by atoms with Gasteiger partial charge in [-0.3, -0.25) is 0 Å². The summed E-state index contributed by atoms with van der Waals surface area (Å²) in [5.41, 5.74) is 0.966. The number of nitrogens with zero attached hydrogens (tertiary/aromatic N) is 1. The third kappa shape index (κ3) is 2.03. The van der Waals surface area contributed by atoms with Crippen LogP contribution in [0.2, 0.25) is 0 Å². The van der Waals surface area contributed by atoms with Gasteiger partial charge in [-0.05, 0) is 37.5 Å². The maximum absolute atomic E-state index is 9.77. The maximum Gasteiger partial charge on any atom is 0.140 e. The van der Waals surface area contributed by atoms with Gasteiger partial charge in [0, 0.05) is 17.6 Å². The van der Waals surface area contributed by atoms with Crippen molar-refractivity contribution in [2.75, 3.05) is 18.0 Å². The molecule has 0 radical (unpaired) electrons. The Balaban J connectivity index is 2.22. The fourth-order valence-corrected chi connectivity index (χ4v) is 2.25. The van der Waals surface area contributed by atoms with E-state index in [0.717, 1.165) is 23.2 Å². The van der Waals surface area contributed by atoms with Crippen LogP contribution in [0.1, 0.15) is 19.3 Å². The molecule has 1 saturated heterocycles. The van der Waals surface area contributed by atoms with Gasteiger partial charge in [0.1, 0.15) is 5.75 Å². The van der Waals surface area contributed by atoms with Crippen molar-refractivity contribution in [1.82, 2.24) is 0 Å². The molecule has 14 heavy (non-hydrogen) atoms. The van der Waals surface area contributed by atoms with Gasteiger partial charge in [0.05, 0.1) is 5.69 Å². The molecule has 1 aliphatic rings. The Morgan fingerprint density at radius 2 is 1.86 bits per heavy atom. The van der Waals surface area contributed by atoms with Crippen molar-refractivity contribution < 1.29 is 5.11 Å². The van der Waals surface area contributed by atoms with Crippen LogP contribution in [0.25, 0.3) is 0 Å². The standard InChI is InChI=1S/C11H14BrNO/c12-9-4-5-10(11(14)8-9)13-6-2-1-3-7-13/h4-5,8,14H,1-3,6-7H2. The minimum Gasteiger partial charge on any atom is -0.506 e. The van der Waals surface area contributed by atoms with Crippen molar-refractivity contribution in [1.29, 1.82) is 0 Å². The van der Waals surface area contributed by atoms with E-state index in [1.54, 1.807) is 6.07 Å². The zero-order valence-electron chi connectivity index (χ0n) is 8.04. The number of anilines is 1. The summed E-state index contributed by atoms with van der Waals surface area (Å²) in [6.45, 7) is 2.13. The Morgan fingerprint density at radius 3 is 2.50 bits per heavy atom. The van der Waals surface area contributed by atoms with Crippen LogP contribution in [-0.2, 0) is 0 Å². The van der Waals surface area contributed by atoms with E-state index in [4.69, 9.17) is 0 Å². The Bertz CT molecular complexity index is 321. The molecule has 0 bridgehead atoms. The molecule has 2 rings (SSSR count). The van der Waals surface area contributed by atoms with E-state index in [1.807, 2.05) is 12.1 Å². The summed E-state index contributed by atoms with van der Waals surface area (Å²) in [6, 6.07) is 5.71. The first-order chi connectivity index (χ1) is 6.77. The number of phenolic OH excluding ortho intramolecular Hbond substituents is 1. The fraction of sp³-hybridized carbons (Fsp3) is 0.455. The van der Waals surface area contributed by atoms with Crippen LogP contribution in [-0.4, -0.2) is 18.2 Å². The van der Waals surface area contributed by atoms with E-state index in [-0.39, 0.29) is 0 Å². The predicted molar refractivity (Wildman–Crippen MR) is 61.9 cm³/mol. The number of rotatable bonds is 1. The van der Waals surface area contributed by atoms with Crippen LogP contribution in [0.5, 0.6) is 5.75 Å². The summed E-state index contributed by atoms with van der Waals surface area (Å²) in [7, 11) is 0. The van der Waals surface area contributed by atoms with Gasteiger partial charge in [-0.2, -0.15) is 0 Å². The van der Waals surface area contributed by atoms with Crippen LogP contribution in [0.15, 0.2) is 22.7 Å². The molecule has 0 spiro atoms. The van der Waals surface area contributed by atoms with E-state index < -0.39 is 0 Å². The number of hydrogen-bond donors (Lipinski definition) is 1. The predicted octanol–water partition coefficient (Wildman–Crippen LogP) is 3.15. The topological polar surface area (TPSA) is 23.5 Å². The lowest BCUT2D eigenvalue weighted by atomic mass is 10.1. The first-order valence-corrected chi connectivity index (χ1v) is 5.80. The van der Waals surface area contributed by atoms with Crippen LogP contribution in [0.3, 0.4) is 0 Å². The molecule has 1 N–H and O–H groups in total. The first-order valence-electron chi connectivity index (χ1n) is 5.01. The van der Waals surface area contributed by atoms with Gasteiger partial charge in [-0.15, -0.1) is 0 Å². The van der Waals surface area contributed by atoms with Crippen molar-refractivity contribution >= 4 is 21.6 Å². The van der Waals surface area contributed by atoms with Gasteiger partial charge in [0.15, 0.2) is 0 Å². The fourth-order valence-electron chi connectivity index (χ4n) is 1.90. The van der Waals surface area contributed by atoms with Gasteiger partial charge in [0.25, 0.3) is 0 Å². The third-order valence-corrected chi connectivity index (χ3v) is 3.13. The summed E-state index contributed by atoms with van der Waals surface area (Å²) >= 11 is 3.34. The molecule has 0 amide bonds. The highest BCUT2D eigenvalue weighted by Crippen LogP contribution is 2.31. The summed E-state index contributed by atoms with van der Waals surface area (Å²) in [5.74, 6) is 0.376. The Hall–Kier alpha value is -0.700. The third-order valence-electron chi connectivity index (χ3n) is 2.63. The summed E-state index contributed by atoms with van der Waals surface area (Å²) < 4.78 is 0.927. The molecule has 1 aromatic carbocycles. The number of phenols is 1. The van der Waals surface area contributed by atoms with E-state index in [9.17, 15) is 5.11 Å². The number of piperidine rings is 1. The number of halogens is 1. The normalized spacial score (nSPS) is 17.1. The monoisotopic (exact) mass is 255 g/mol. The Morgan fingerprint density at radius 1 is 1.14 bits per heavy atom. The molecule has 1 fully saturated rings. The average Bonchev–Trinajstić information content (AvgIpc) is 2.19. The van der Waals surface area contributed by atoms with Crippen molar-refractivity contribution in [3.05, 3.63) is 22.7 Å².